The normalized spacial score (nSPS) is 18.7. The van der Waals surface area contributed by atoms with Crippen LogP contribution in [0.1, 0.15) is 44.6 Å². The summed E-state index contributed by atoms with van der Waals surface area (Å²) < 4.78 is 22.1. The Balaban J connectivity index is 1.92. The standard InChI is InChI=1S/C15H24N2O2S/c1-12(14-5-3-2-4-6-14)17-15-9-7-13(8-10-15)11-20(16,18)19/h7-10,12,14,17H,2-6,11H2,1H3,(H2,16,18,19). The highest BCUT2D eigenvalue weighted by molar-refractivity contribution is 7.88. The zero-order chi connectivity index (χ0) is 14.6. The van der Waals surface area contributed by atoms with E-state index in [1.807, 2.05) is 24.3 Å². The van der Waals surface area contributed by atoms with Crippen molar-refractivity contribution in [3.05, 3.63) is 29.8 Å². The van der Waals surface area contributed by atoms with Crippen molar-refractivity contribution < 1.29 is 8.42 Å². The molecule has 0 spiro atoms. The summed E-state index contributed by atoms with van der Waals surface area (Å²) in [5.74, 6) is 0.638. The summed E-state index contributed by atoms with van der Waals surface area (Å²) in [5.41, 5.74) is 1.77. The number of hydrogen-bond donors (Lipinski definition) is 2. The van der Waals surface area contributed by atoms with Crippen molar-refractivity contribution >= 4 is 15.7 Å². The first-order valence-corrected chi connectivity index (χ1v) is 9.01. The summed E-state index contributed by atoms with van der Waals surface area (Å²) in [7, 11) is -3.45. The van der Waals surface area contributed by atoms with E-state index in [1.165, 1.54) is 32.1 Å². The molecule has 0 aromatic heterocycles. The van der Waals surface area contributed by atoms with Gasteiger partial charge in [-0.3, -0.25) is 0 Å². The van der Waals surface area contributed by atoms with Crippen LogP contribution in [0.2, 0.25) is 0 Å². The van der Waals surface area contributed by atoms with Crippen LogP contribution in [-0.2, 0) is 15.8 Å². The largest absolute Gasteiger partial charge is 0.382 e. The van der Waals surface area contributed by atoms with Crippen LogP contribution in [0.3, 0.4) is 0 Å². The smallest absolute Gasteiger partial charge is 0.213 e. The molecular weight excluding hydrogens is 272 g/mol. The number of primary sulfonamides is 1. The number of rotatable bonds is 5. The molecular formula is C15H24N2O2S. The Morgan fingerprint density at radius 1 is 1.20 bits per heavy atom. The molecule has 4 nitrogen and oxygen atoms in total. The van der Waals surface area contributed by atoms with Gasteiger partial charge in [-0.25, -0.2) is 13.6 Å². The van der Waals surface area contributed by atoms with Crippen molar-refractivity contribution in [2.24, 2.45) is 11.1 Å². The quantitative estimate of drug-likeness (QED) is 0.877. The van der Waals surface area contributed by atoms with Gasteiger partial charge in [0.15, 0.2) is 0 Å². The van der Waals surface area contributed by atoms with Gasteiger partial charge in [0.05, 0.1) is 5.75 Å². The van der Waals surface area contributed by atoms with E-state index in [9.17, 15) is 8.42 Å². The fraction of sp³-hybridized carbons (Fsp3) is 0.600. The van der Waals surface area contributed by atoms with E-state index in [0.29, 0.717) is 6.04 Å². The molecule has 3 N–H and O–H groups in total. The summed E-state index contributed by atoms with van der Waals surface area (Å²) >= 11 is 0. The first-order chi connectivity index (χ1) is 9.44. The molecule has 1 atom stereocenters. The van der Waals surface area contributed by atoms with Gasteiger partial charge in [0.1, 0.15) is 0 Å². The van der Waals surface area contributed by atoms with Gasteiger partial charge < -0.3 is 5.32 Å². The van der Waals surface area contributed by atoms with Crippen molar-refractivity contribution in [3.63, 3.8) is 0 Å². The lowest BCUT2D eigenvalue weighted by atomic mass is 9.84. The molecule has 1 aromatic rings. The van der Waals surface area contributed by atoms with Crippen LogP contribution in [0, 0.1) is 5.92 Å². The fourth-order valence-electron chi connectivity index (χ4n) is 2.94. The van der Waals surface area contributed by atoms with E-state index < -0.39 is 10.0 Å². The molecule has 1 fully saturated rings. The molecule has 1 aliphatic rings. The van der Waals surface area contributed by atoms with Crippen molar-refractivity contribution in [1.29, 1.82) is 0 Å². The maximum Gasteiger partial charge on any atom is 0.213 e. The summed E-state index contributed by atoms with van der Waals surface area (Å²) in [6.45, 7) is 2.23. The Labute approximate surface area is 121 Å². The van der Waals surface area contributed by atoms with Crippen LogP contribution in [0.25, 0.3) is 0 Å². The molecule has 20 heavy (non-hydrogen) atoms. The van der Waals surface area contributed by atoms with Crippen molar-refractivity contribution in [2.45, 2.75) is 50.8 Å². The molecule has 0 radical (unpaired) electrons. The topological polar surface area (TPSA) is 72.2 Å². The first-order valence-electron chi connectivity index (χ1n) is 7.30. The van der Waals surface area contributed by atoms with E-state index in [0.717, 1.165) is 17.2 Å². The van der Waals surface area contributed by atoms with Crippen LogP contribution in [-0.4, -0.2) is 14.5 Å². The van der Waals surface area contributed by atoms with E-state index in [4.69, 9.17) is 5.14 Å². The third kappa shape index (κ3) is 4.80. The Hall–Kier alpha value is -1.07. The van der Waals surface area contributed by atoms with Gasteiger partial charge in [0, 0.05) is 11.7 Å². The van der Waals surface area contributed by atoms with E-state index in [-0.39, 0.29) is 5.75 Å². The lowest BCUT2D eigenvalue weighted by Gasteiger charge is -2.29. The first kappa shape index (κ1) is 15.3. The number of sulfonamides is 1. The number of hydrogen-bond acceptors (Lipinski definition) is 3. The monoisotopic (exact) mass is 296 g/mol. The lowest BCUT2D eigenvalue weighted by molar-refractivity contribution is 0.328. The Kier molecular flexibility index (Phi) is 5.05. The molecule has 1 aromatic carbocycles. The molecule has 2 rings (SSSR count). The molecule has 112 valence electrons. The molecule has 5 heteroatoms. The summed E-state index contributed by atoms with van der Waals surface area (Å²) in [4.78, 5) is 0. The molecule has 0 amide bonds. The highest BCUT2D eigenvalue weighted by Crippen LogP contribution is 2.28. The van der Waals surface area contributed by atoms with Gasteiger partial charge in [0.2, 0.25) is 10.0 Å². The van der Waals surface area contributed by atoms with Gasteiger partial charge >= 0.3 is 0 Å². The number of nitrogens with two attached hydrogens (primary N) is 1. The van der Waals surface area contributed by atoms with E-state index >= 15 is 0 Å². The van der Waals surface area contributed by atoms with Gasteiger partial charge in [-0.05, 0) is 43.4 Å². The fourth-order valence-corrected chi connectivity index (χ4v) is 3.60. The molecule has 1 saturated carbocycles. The van der Waals surface area contributed by atoms with Crippen LogP contribution in [0.15, 0.2) is 24.3 Å². The van der Waals surface area contributed by atoms with E-state index in [2.05, 4.69) is 12.2 Å². The maximum absolute atomic E-state index is 11.0. The van der Waals surface area contributed by atoms with Crippen LogP contribution in [0.4, 0.5) is 5.69 Å². The van der Waals surface area contributed by atoms with Gasteiger partial charge in [-0.15, -0.1) is 0 Å². The second-order valence-electron chi connectivity index (χ2n) is 5.84. The average molecular weight is 296 g/mol. The molecule has 0 saturated heterocycles. The Bertz CT molecular complexity index is 519. The van der Waals surface area contributed by atoms with Gasteiger partial charge in [-0.2, -0.15) is 0 Å². The molecule has 0 heterocycles. The van der Waals surface area contributed by atoms with Gasteiger partial charge in [0.25, 0.3) is 0 Å². The molecule has 1 unspecified atom stereocenters. The molecule has 0 aliphatic heterocycles. The van der Waals surface area contributed by atoms with Crippen LogP contribution < -0.4 is 10.5 Å². The predicted octanol–water partition coefficient (Wildman–Crippen LogP) is 2.86. The Morgan fingerprint density at radius 3 is 2.35 bits per heavy atom. The lowest BCUT2D eigenvalue weighted by Crippen LogP contribution is -2.27. The summed E-state index contributed by atoms with van der Waals surface area (Å²) in [5, 5.41) is 8.56. The second-order valence-corrected chi connectivity index (χ2v) is 7.45. The minimum absolute atomic E-state index is 0.106. The highest BCUT2D eigenvalue weighted by Gasteiger charge is 2.19. The second kappa shape index (κ2) is 6.59. The zero-order valence-electron chi connectivity index (χ0n) is 12.0. The Morgan fingerprint density at radius 2 is 1.80 bits per heavy atom. The maximum atomic E-state index is 11.0. The average Bonchev–Trinajstić information content (AvgIpc) is 2.40. The highest BCUT2D eigenvalue weighted by atomic mass is 32.2. The number of nitrogens with one attached hydrogen (secondary N) is 1. The van der Waals surface area contributed by atoms with Crippen molar-refractivity contribution in [3.8, 4) is 0 Å². The van der Waals surface area contributed by atoms with Gasteiger partial charge in [-0.1, -0.05) is 31.4 Å². The van der Waals surface area contributed by atoms with Crippen LogP contribution in [0.5, 0.6) is 0 Å². The SMILES string of the molecule is CC(Nc1ccc(CS(N)(=O)=O)cc1)C1CCCCC1. The van der Waals surface area contributed by atoms with Crippen molar-refractivity contribution in [2.75, 3.05) is 5.32 Å². The minimum Gasteiger partial charge on any atom is -0.382 e. The summed E-state index contributed by atoms with van der Waals surface area (Å²) in [6.07, 6.45) is 6.65. The molecule has 0 bridgehead atoms. The third-order valence-electron chi connectivity index (χ3n) is 4.07. The van der Waals surface area contributed by atoms with E-state index in [1.54, 1.807) is 0 Å². The number of benzene rings is 1. The third-order valence-corrected chi connectivity index (χ3v) is 4.81. The minimum atomic E-state index is -3.45. The van der Waals surface area contributed by atoms with Crippen LogP contribution >= 0.6 is 0 Å². The summed E-state index contributed by atoms with van der Waals surface area (Å²) in [6, 6.07) is 7.96. The predicted molar refractivity (Wildman–Crippen MR) is 82.9 cm³/mol. The molecule has 1 aliphatic carbocycles. The zero-order valence-corrected chi connectivity index (χ0v) is 12.8. The number of anilines is 1. The van der Waals surface area contributed by atoms with Crippen molar-refractivity contribution in [1.82, 2.24) is 0 Å².